The second-order valence-electron chi connectivity index (χ2n) is 7.60. The highest BCUT2D eigenvalue weighted by molar-refractivity contribution is 7.15. The summed E-state index contributed by atoms with van der Waals surface area (Å²) < 4.78 is 5.98. The number of aromatic nitrogens is 2. The van der Waals surface area contributed by atoms with Gasteiger partial charge in [0.05, 0.1) is 11.4 Å². The quantitative estimate of drug-likeness (QED) is 0.806. The molecule has 4 nitrogen and oxygen atoms in total. The SMILES string of the molecule is CC1CCC(N(C)Cc2nnc(-c3cc4c(s3)CCCC4)o2)CC1. The number of rotatable bonds is 4. The highest BCUT2D eigenvalue weighted by atomic mass is 32.1. The Balaban J connectivity index is 1.42. The molecule has 0 unspecified atom stereocenters. The van der Waals surface area contributed by atoms with Crippen LogP contribution < -0.4 is 0 Å². The minimum absolute atomic E-state index is 0.658. The van der Waals surface area contributed by atoms with Gasteiger partial charge in [0.25, 0.3) is 5.89 Å². The molecule has 0 N–H and O–H groups in total. The Bertz CT molecular complexity index is 661. The van der Waals surface area contributed by atoms with Crippen LogP contribution in [0.2, 0.25) is 0 Å². The van der Waals surface area contributed by atoms with Crippen LogP contribution in [-0.4, -0.2) is 28.2 Å². The summed E-state index contributed by atoms with van der Waals surface area (Å²) in [5, 5.41) is 8.60. The molecule has 0 bridgehead atoms. The van der Waals surface area contributed by atoms with Crippen molar-refractivity contribution in [2.45, 2.75) is 70.9 Å². The molecule has 5 heteroatoms. The molecule has 0 saturated heterocycles. The normalized spacial score (nSPS) is 24.3. The molecule has 0 atom stereocenters. The molecular weight excluding hydrogens is 318 g/mol. The summed E-state index contributed by atoms with van der Waals surface area (Å²) in [4.78, 5) is 5.06. The molecule has 1 saturated carbocycles. The van der Waals surface area contributed by atoms with Gasteiger partial charge in [0.1, 0.15) is 0 Å². The average Bonchev–Trinajstić information content (AvgIpc) is 3.21. The van der Waals surface area contributed by atoms with E-state index in [0.29, 0.717) is 11.9 Å². The van der Waals surface area contributed by atoms with E-state index in [9.17, 15) is 0 Å². The lowest BCUT2D eigenvalue weighted by molar-refractivity contribution is 0.152. The van der Waals surface area contributed by atoms with Gasteiger partial charge in [0.15, 0.2) is 0 Å². The molecule has 2 aromatic heterocycles. The first-order chi connectivity index (χ1) is 11.7. The van der Waals surface area contributed by atoms with Crippen molar-refractivity contribution in [2.75, 3.05) is 7.05 Å². The molecule has 0 aliphatic heterocycles. The van der Waals surface area contributed by atoms with Crippen LogP contribution in [0.1, 0.15) is 61.8 Å². The summed E-state index contributed by atoms with van der Waals surface area (Å²) in [7, 11) is 2.19. The van der Waals surface area contributed by atoms with Gasteiger partial charge < -0.3 is 4.42 Å². The molecule has 24 heavy (non-hydrogen) atoms. The summed E-state index contributed by atoms with van der Waals surface area (Å²) in [5.41, 5.74) is 1.49. The van der Waals surface area contributed by atoms with Crippen LogP contribution in [0.5, 0.6) is 0 Å². The molecule has 2 aliphatic rings. The Morgan fingerprint density at radius 3 is 2.75 bits per heavy atom. The van der Waals surface area contributed by atoms with Gasteiger partial charge in [-0.2, -0.15) is 0 Å². The van der Waals surface area contributed by atoms with Gasteiger partial charge in [-0.3, -0.25) is 4.90 Å². The lowest BCUT2D eigenvalue weighted by atomic mass is 9.87. The first kappa shape index (κ1) is 16.3. The zero-order valence-corrected chi connectivity index (χ0v) is 15.6. The zero-order valence-electron chi connectivity index (χ0n) is 14.8. The fourth-order valence-electron chi connectivity index (χ4n) is 4.04. The van der Waals surface area contributed by atoms with E-state index in [1.54, 1.807) is 0 Å². The maximum Gasteiger partial charge on any atom is 0.257 e. The number of hydrogen-bond acceptors (Lipinski definition) is 5. The number of aryl methyl sites for hydroxylation is 2. The van der Waals surface area contributed by atoms with Crippen molar-refractivity contribution in [3.63, 3.8) is 0 Å². The summed E-state index contributed by atoms with van der Waals surface area (Å²) in [6.45, 7) is 3.12. The van der Waals surface area contributed by atoms with Crippen LogP contribution in [0.4, 0.5) is 0 Å². The molecule has 0 radical (unpaired) electrons. The van der Waals surface area contributed by atoms with Crippen molar-refractivity contribution in [1.29, 1.82) is 0 Å². The van der Waals surface area contributed by atoms with E-state index in [4.69, 9.17) is 4.42 Å². The van der Waals surface area contributed by atoms with Crippen molar-refractivity contribution in [2.24, 2.45) is 5.92 Å². The topological polar surface area (TPSA) is 42.2 Å². The highest BCUT2D eigenvalue weighted by Gasteiger charge is 2.23. The van der Waals surface area contributed by atoms with Gasteiger partial charge in [0.2, 0.25) is 5.89 Å². The fraction of sp³-hybridized carbons (Fsp3) is 0.684. The van der Waals surface area contributed by atoms with E-state index in [2.05, 4.69) is 35.1 Å². The number of fused-ring (bicyclic) bond motifs is 1. The van der Waals surface area contributed by atoms with Crippen LogP contribution in [-0.2, 0) is 19.4 Å². The van der Waals surface area contributed by atoms with Gasteiger partial charge in [-0.05, 0) is 76.0 Å². The molecule has 0 spiro atoms. The summed E-state index contributed by atoms with van der Waals surface area (Å²) in [5.74, 6) is 2.34. The van der Waals surface area contributed by atoms with Gasteiger partial charge >= 0.3 is 0 Å². The maximum atomic E-state index is 5.98. The first-order valence-corrected chi connectivity index (χ1v) is 10.2. The first-order valence-electron chi connectivity index (χ1n) is 9.33. The predicted molar refractivity (Wildman–Crippen MR) is 97.1 cm³/mol. The highest BCUT2D eigenvalue weighted by Crippen LogP contribution is 2.35. The van der Waals surface area contributed by atoms with Crippen LogP contribution >= 0.6 is 11.3 Å². The Labute approximate surface area is 148 Å². The van der Waals surface area contributed by atoms with Crippen molar-refractivity contribution < 1.29 is 4.42 Å². The molecule has 0 amide bonds. The van der Waals surface area contributed by atoms with E-state index in [0.717, 1.165) is 23.2 Å². The Kier molecular flexibility index (Phi) is 4.72. The van der Waals surface area contributed by atoms with Gasteiger partial charge in [0, 0.05) is 10.9 Å². The number of thiophene rings is 1. The Morgan fingerprint density at radius 2 is 1.96 bits per heavy atom. The number of nitrogens with zero attached hydrogens (tertiary/aromatic N) is 3. The maximum absolute atomic E-state index is 5.98. The third kappa shape index (κ3) is 3.42. The molecule has 2 aliphatic carbocycles. The van der Waals surface area contributed by atoms with E-state index >= 15 is 0 Å². The van der Waals surface area contributed by atoms with Crippen molar-refractivity contribution in [3.05, 3.63) is 22.4 Å². The lowest BCUT2D eigenvalue weighted by Crippen LogP contribution is -2.34. The zero-order chi connectivity index (χ0) is 16.5. The average molecular weight is 346 g/mol. The predicted octanol–water partition coefficient (Wildman–Crippen LogP) is 4.69. The monoisotopic (exact) mass is 345 g/mol. The molecule has 0 aromatic carbocycles. The van der Waals surface area contributed by atoms with Crippen LogP contribution in [0.3, 0.4) is 0 Å². The van der Waals surface area contributed by atoms with Gasteiger partial charge in [-0.15, -0.1) is 21.5 Å². The van der Waals surface area contributed by atoms with E-state index < -0.39 is 0 Å². The third-order valence-corrected chi connectivity index (χ3v) is 6.89. The van der Waals surface area contributed by atoms with E-state index in [1.165, 1.54) is 61.8 Å². The summed E-state index contributed by atoms with van der Waals surface area (Å²) in [6, 6.07) is 2.92. The Morgan fingerprint density at radius 1 is 1.17 bits per heavy atom. The smallest absolute Gasteiger partial charge is 0.257 e. The standard InChI is InChI=1S/C19H27N3OS/c1-13-7-9-15(10-8-13)22(2)12-18-20-21-19(23-18)17-11-14-5-3-4-6-16(14)24-17/h11,13,15H,3-10,12H2,1-2H3. The summed E-state index contributed by atoms with van der Waals surface area (Å²) >= 11 is 1.84. The molecule has 4 rings (SSSR count). The molecule has 2 aromatic rings. The molecule has 2 heterocycles. The fourth-order valence-corrected chi connectivity index (χ4v) is 5.21. The van der Waals surface area contributed by atoms with E-state index in [-0.39, 0.29) is 0 Å². The molecule has 1 fully saturated rings. The Hall–Kier alpha value is -1.20. The van der Waals surface area contributed by atoms with Gasteiger partial charge in [-0.1, -0.05) is 6.92 Å². The van der Waals surface area contributed by atoms with Crippen molar-refractivity contribution in [1.82, 2.24) is 15.1 Å². The van der Waals surface area contributed by atoms with E-state index in [1.807, 2.05) is 11.3 Å². The second kappa shape index (κ2) is 6.96. The van der Waals surface area contributed by atoms with Crippen molar-refractivity contribution in [3.8, 4) is 10.8 Å². The van der Waals surface area contributed by atoms with Crippen LogP contribution in [0.15, 0.2) is 10.5 Å². The molecule has 130 valence electrons. The minimum atomic E-state index is 0.658. The minimum Gasteiger partial charge on any atom is -0.419 e. The second-order valence-corrected chi connectivity index (χ2v) is 8.73. The van der Waals surface area contributed by atoms with Crippen molar-refractivity contribution >= 4 is 11.3 Å². The summed E-state index contributed by atoms with van der Waals surface area (Å²) in [6.07, 6.45) is 10.3. The van der Waals surface area contributed by atoms with Crippen LogP contribution in [0, 0.1) is 5.92 Å². The van der Waals surface area contributed by atoms with Crippen LogP contribution in [0.25, 0.3) is 10.8 Å². The third-order valence-electron chi connectivity index (χ3n) is 5.67. The number of hydrogen-bond donors (Lipinski definition) is 0. The molecular formula is C19H27N3OS. The lowest BCUT2D eigenvalue weighted by Gasteiger charge is -2.32. The largest absolute Gasteiger partial charge is 0.419 e. The van der Waals surface area contributed by atoms with Gasteiger partial charge in [-0.25, -0.2) is 0 Å².